The van der Waals surface area contributed by atoms with Crippen LogP contribution >= 0.6 is 0 Å². The van der Waals surface area contributed by atoms with Gasteiger partial charge in [-0.3, -0.25) is 4.79 Å². The highest BCUT2D eigenvalue weighted by atomic mass is 16.5. The maximum atomic E-state index is 11.2. The molecule has 0 aliphatic heterocycles. The topological polar surface area (TPSA) is 46.5 Å². The largest absolute Gasteiger partial charge is 0.508 e. The van der Waals surface area contributed by atoms with Crippen LogP contribution in [0, 0.1) is 0 Å². The summed E-state index contributed by atoms with van der Waals surface area (Å²) in [5.41, 5.74) is 0.695. The van der Waals surface area contributed by atoms with Crippen molar-refractivity contribution in [2.24, 2.45) is 0 Å². The van der Waals surface area contributed by atoms with E-state index in [-0.39, 0.29) is 17.5 Å². The van der Waals surface area contributed by atoms with Gasteiger partial charge >= 0.3 is 0 Å². The first-order chi connectivity index (χ1) is 6.72. The fourth-order valence-corrected chi connectivity index (χ4v) is 1.67. The van der Waals surface area contributed by atoms with Crippen molar-refractivity contribution in [3.8, 4) is 11.5 Å². The Kier molecular flexibility index (Phi) is 2.15. The van der Waals surface area contributed by atoms with Gasteiger partial charge < -0.3 is 9.84 Å². The van der Waals surface area contributed by atoms with Crippen LogP contribution in [-0.4, -0.2) is 18.0 Å². The third-order valence-electron chi connectivity index (χ3n) is 2.68. The zero-order valence-corrected chi connectivity index (χ0v) is 7.99. The van der Waals surface area contributed by atoms with Crippen LogP contribution < -0.4 is 4.74 Å². The number of carbonyl (C=O) groups excluding carboxylic acids is 1. The van der Waals surface area contributed by atoms with Crippen molar-refractivity contribution >= 4 is 5.78 Å². The number of ether oxygens (including phenoxy) is 1. The molecular weight excluding hydrogens is 180 g/mol. The van der Waals surface area contributed by atoms with Crippen LogP contribution in [0.25, 0.3) is 0 Å². The maximum Gasteiger partial charge on any atom is 0.140 e. The molecule has 14 heavy (non-hydrogen) atoms. The second kappa shape index (κ2) is 3.33. The molecule has 0 radical (unpaired) electrons. The van der Waals surface area contributed by atoms with E-state index in [1.807, 2.05) is 0 Å². The minimum atomic E-state index is -0.120. The predicted molar refractivity (Wildman–Crippen MR) is 51.6 cm³/mol. The zero-order chi connectivity index (χ0) is 10.1. The Balaban J connectivity index is 2.35. The van der Waals surface area contributed by atoms with Gasteiger partial charge in [-0.2, -0.15) is 0 Å². The van der Waals surface area contributed by atoms with Crippen LogP contribution in [0.4, 0.5) is 0 Å². The summed E-state index contributed by atoms with van der Waals surface area (Å²) in [6.07, 6.45) is 1.46. The lowest BCUT2D eigenvalue weighted by atomic mass is 9.78. The number of phenols is 1. The first-order valence-electron chi connectivity index (χ1n) is 4.62. The number of hydrogen-bond donors (Lipinski definition) is 1. The summed E-state index contributed by atoms with van der Waals surface area (Å²) in [6, 6.07) is 4.98. The lowest BCUT2D eigenvalue weighted by molar-refractivity contribution is -0.125. The van der Waals surface area contributed by atoms with Gasteiger partial charge in [0.25, 0.3) is 0 Å². The van der Waals surface area contributed by atoms with E-state index in [4.69, 9.17) is 4.74 Å². The van der Waals surface area contributed by atoms with Crippen molar-refractivity contribution in [3.63, 3.8) is 0 Å². The van der Waals surface area contributed by atoms with Crippen molar-refractivity contribution in [2.75, 3.05) is 7.11 Å². The average Bonchev–Trinajstić information content (AvgIpc) is 2.19. The Hall–Kier alpha value is -1.51. The van der Waals surface area contributed by atoms with Crippen molar-refractivity contribution in [1.82, 2.24) is 0 Å². The van der Waals surface area contributed by atoms with E-state index in [2.05, 4.69) is 0 Å². The first-order valence-corrected chi connectivity index (χ1v) is 4.62. The van der Waals surface area contributed by atoms with E-state index in [0.29, 0.717) is 17.7 Å². The van der Waals surface area contributed by atoms with E-state index in [1.54, 1.807) is 25.3 Å². The number of phenolic OH excluding ortho intramolecular Hbond substituents is 1. The molecule has 1 unspecified atom stereocenters. The maximum absolute atomic E-state index is 11.2. The molecule has 0 aromatic heterocycles. The lowest BCUT2D eigenvalue weighted by Gasteiger charge is -2.25. The quantitative estimate of drug-likeness (QED) is 0.777. The highest BCUT2D eigenvalue weighted by molar-refractivity contribution is 5.91. The molecule has 2 rings (SSSR count). The number of ketones is 1. The van der Waals surface area contributed by atoms with Crippen LogP contribution in [0.1, 0.15) is 24.3 Å². The second-order valence-electron chi connectivity index (χ2n) is 3.48. The summed E-state index contributed by atoms with van der Waals surface area (Å²) < 4.78 is 5.04. The number of benzene rings is 1. The van der Waals surface area contributed by atoms with Gasteiger partial charge in [-0.25, -0.2) is 0 Å². The molecule has 1 atom stereocenters. The SMILES string of the molecule is COc1ccc(O)c(C2CCC2=O)c1. The van der Waals surface area contributed by atoms with Crippen LogP contribution in [-0.2, 0) is 4.79 Å². The molecular formula is C11H12O3. The fraction of sp³-hybridized carbons (Fsp3) is 0.364. The minimum absolute atomic E-state index is 0.120. The molecule has 0 spiro atoms. The van der Waals surface area contributed by atoms with Gasteiger partial charge in [0.2, 0.25) is 0 Å². The summed E-state index contributed by atoms with van der Waals surface area (Å²) in [5.74, 6) is 0.944. The summed E-state index contributed by atoms with van der Waals surface area (Å²) >= 11 is 0. The van der Waals surface area contributed by atoms with Gasteiger partial charge in [0.15, 0.2) is 0 Å². The number of methoxy groups -OCH3 is 1. The molecule has 1 aromatic carbocycles. The Bertz CT molecular complexity index is 371. The Labute approximate surface area is 82.3 Å². The molecule has 1 N–H and O–H groups in total. The van der Waals surface area contributed by atoms with Gasteiger partial charge in [0, 0.05) is 17.9 Å². The first kappa shape index (κ1) is 9.06. The van der Waals surface area contributed by atoms with Gasteiger partial charge in [-0.15, -0.1) is 0 Å². The normalized spacial score (nSPS) is 20.4. The van der Waals surface area contributed by atoms with Crippen molar-refractivity contribution in [2.45, 2.75) is 18.8 Å². The summed E-state index contributed by atoms with van der Waals surface area (Å²) in [7, 11) is 1.57. The van der Waals surface area contributed by atoms with Gasteiger partial charge in [0.1, 0.15) is 17.3 Å². The number of Topliss-reactive ketones (excluding diaryl/α,β-unsaturated/α-hetero) is 1. The Morgan fingerprint density at radius 3 is 2.79 bits per heavy atom. The van der Waals surface area contributed by atoms with Gasteiger partial charge in [-0.1, -0.05) is 0 Å². The van der Waals surface area contributed by atoms with Crippen LogP contribution in [0.15, 0.2) is 18.2 Å². The van der Waals surface area contributed by atoms with Gasteiger partial charge in [0.05, 0.1) is 7.11 Å². The second-order valence-corrected chi connectivity index (χ2v) is 3.48. The van der Waals surface area contributed by atoms with E-state index in [9.17, 15) is 9.90 Å². The van der Waals surface area contributed by atoms with Crippen molar-refractivity contribution in [3.05, 3.63) is 23.8 Å². The van der Waals surface area contributed by atoms with Crippen LogP contribution in [0.3, 0.4) is 0 Å². The van der Waals surface area contributed by atoms with Crippen molar-refractivity contribution in [1.29, 1.82) is 0 Å². The number of hydrogen-bond acceptors (Lipinski definition) is 3. The molecule has 1 saturated carbocycles. The van der Waals surface area contributed by atoms with E-state index >= 15 is 0 Å². The third-order valence-corrected chi connectivity index (χ3v) is 2.68. The predicted octanol–water partition coefficient (Wildman–Crippen LogP) is 1.85. The zero-order valence-electron chi connectivity index (χ0n) is 7.99. The van der Waals surface area contributed by atoms with E-state index in [1.165, 1.54) is 0 Å². The molecule has 74 valence electrons. The number of carbonyl (C=O) groups is 1. The lowest BCUT2D eigenvalue weighted by Crippen LogP contribution is -2.23. The summed E-state index contributed by atoms with van der Waals surface area (Å²) in [5, 5.41) is 9.58. The fourth-order valence-electron chi connectivity index (χ4n) is 1.67. The molecule has 1 aromatic rings. The number of rotatable bonds is 2. The smallest absolute Gasteiger partial charge is 0.140 e. The Morgan fingerprint density at radius 2 is 2.29 bits per heavy atom. The van der Waals surface area contributed by atoms with Crippen LogP contribution in [0.5, 0.6) is 11.5 Å². The molecule has 1 fully saturated rings. The van der Waals surface area contributed by atoms with E-state index < -0.39 is 0 Å². The third kappa shape index (κ3) is 1.35. The summed E-state index contributed by atoms with van der Waals surface area (Å²) in [4.78, 5) is 11.2. The van der Waals surface area contributed by atoms with E-state index in [0.717, 1.165) is 6.42 Å². The molecule has 3 heteroatoms. The Morgan fingerprint density at radius 1 is 1.50 bits per heavy atom. The molecule has 0 bridgehead atoms. The van der Waals surface area contributed by atoms with Gasteiger partial charge in [-0.05, 0) is 24.6 Å². The molecule has 0 amide bonds. The monoisotopic (exact) mass is 192 g/mol. The molecule has 0 saturated heterocycles. The van der Waals surface area contributed by atoms with Crippen molar-refractivity contribution < 1.29 is 14.6 Å². The molecule has 3 nitrogen and oxygen atoms in total. The molecule has 1 aliphatic rings. The highest BCUT2D eigenvalue weighted by Gasteiger charge is 2.31. The number of aromatic hydroxyl groups is 1. The molecule has 1 aliphatic carbocycles. The average molecular weight is 192 g/mol. The standard InChI is InChI=1S/C11H12O3/c1-14-7-2-4-11(13)9(6-7)8-3-5-10(8)12/h2,4,6,8,13H,3,5H2,1H3. The highest BCUT2D eigenvalue weighted by Crippen LogP contribution is 2.39. The van der Waals surface area contributed by atoms with Crippen LogP contribution in [0.2, 0.25) is 0 Å². The minimum Gasteiger partial charge on any atom is -0.508 e. The molecule has 0 heterocycles. The summed E-state index contributed by atoms with van der Waals surface area (Å²) in [6.45, 7) is 0.